The van der Waals surface area contributed by atoms with E-state index in [1.807, 2.05) is 94.2 Å². The van der Waals surface area contributed by atoms with Gasteiger partial charge in [-0.05, 0) is 51.0 Å². The van der Waals surface area contributed by atoms with Crippen LogP contribution in [0, 0.1) is 0 Å². The summed E-state index contributed by atoms with van der Waals surface area (Å²) in [5.74, 6) is 0.236. The van der Waals surface area contributed by atoms with Gasteiger partial charge in [0.15, 0.2) is 0 Å². The average Bonchev–Trinajstić information content (AvgIpc) is 2.93. The van der Waals surface area contributed by atoms with Crippen LogP contribution in [0.2, 0.25) is 0 Å². The number of benzene rings is 2. The van der Waals surface area contributed by atoms with Crippen molar-refractivity contribution in [2.75, 3.05) is 7.05 Å². The summed E-state index contributed by atoms with van der Waals surface area (Å²) >= 11 is 0. The highest BCUT2D eigenvalue weighted by Crippen LogP contribution is 2.33. The summed E-state index contributed by atoms with van der Waals surface area (Å²) in [7, 11) is 1.85. The van der Waals surface area contributed by atoms with E-state index >= 15 is 0 Å². The Morgan fingerprint density at radius 1 is 0.897 bits per heavy atom. The van der Waals surface area contributed by atoms with Gasteiger partial charge in [-0.3, -0.25) is 14.5 Å². The number of nitrogens with zero attached hydrogens (tertiary/aromatic N) is 2. The number of carbonyl (C=O) groups is 2. The van der Waals surface area contributed by atoms with Gasteiger partial charge in [-0.15, -0.1) is 0 Å². The van der Waals surface area contributed by atoms with E-state index in [4.69, 9.17) is 4.74 Å². The summed E-state index contributed by atoms with van der Waals surface area (Å²) in [6.07, 6.45) is 0.0683. The normalized spacial score (nSPS) is 14.4. The van der Waals surface area contributed by atoms with Crippen LogP contribution in [0.4, 0.5) is 0 Å². The monoisotopic (exact) mass is 392 g/mol. The third kappa shape index (κ3) is 4.34. The molecule has 2 amide bonds. The molecule has 0 radical (unpaired) electrons. The van der Waals surface area contributed by atoms with Gasteiger partial charge in [-0.2, -0.15) is 0 Å². The molecule has 0 N–H and O–H groups in total. The molecule has 0 atom stereocenters. The lowest BCUT2D eigenvalue weighted by atomic mass is 10.0. The predicted octanol–water partition coefficient (Wildman–Crippen LogP) is 4.09. The molecule has 0 unspecified atom stereocenters. The summed E-state index contributed by atoms with van der Waals surface area (Å²) in [5.41, 5.74) is 2.67. The first-order chi connectivity index (χ1) is 13.8. The fraction of sp³-hybridized carbons (Fsp3) is 0.333. The summed E-state index contributed by atoms with van der Waals surface area (Å²) in [5, 5.41) is 0. The van der Waals surface area contributed by atoms with Crippen LogP contribution in [0.5, 0.6) is 5.75 Å². The highest BCUT2D eigenvalue weighted by Gasteiger charge is 2.41. The number of amides is 2. The van der Waals surface area contributed by atoms with Gasteiger partial charge < -0.3 is 9.64 Å². The van der Waals surface area contributed by atoms with Gasteiger partial charge in [-0.1, -0.05) is 42.5 Å². The van der Waals surface area contributed by atoms with E-state index in [0.717, 1.165) is 16.9 Å². The van der Waals surface area contributed by atoms with Crippen molar-refractivity contribution in [3.8, 4) is 5.75 Å². The van der Waals surface area contributed by atoms with Gasteiger partial charge in [-0.25, -0.2) is 0 Å². The topological polar surface area (TPSA) is 49.9 Å². The van der Waals surface area contributed by atoms with Crippen LogP contribution in [-0.2, 0) is 16.1 Å². The molecule has 1 aliphatic heterocycles. The Morgan fingerprint density at radius 3 is 2.07 bits per heavy atom. The quantitative estimate of drug-likeness (QED) is 0.666. The van der Waals surface area contributed by atoms with E-state index < -0.39 is 0 Å². The van der Waals surface area contributed by atoms with Crippen LogP contribution in [0.3, 0.4) is 0 Å². The van der Waals surface area contributed by atoms with Crippen molar-refractivity contribution in [2.45, 2.75) is 46.4 Å². The molecule has 1 aliphatic rings. The molecule has 0 bridgehead atoms. The first-order valence-electron chi connectivity index (χ1n) is 9.94. The van der Waals surface area contributed by atoms with Crippen LogP contribution < -0.4 is 4.74 Å². The third-order valence-corrected chi connectivity index (χ3v) is 4.77. The van der Waals surface area contributed by atoms with Crippen molar-refractivity contribution in [2.24, 2.45) is 0 Å². The zero-order valence-corrected chi connectivity index (χ0v) is 17.7. The molecular weight excluding hydrogens is 364 g/mol. The van der Waals surface area contributed by atoms with E-state index in [9.17, 15) is 9.59 Å². The smallest absolute Gasteiger partial charge is 0.278 e. The number of rotatable bonds is 7. The Hall–Kier alpha value is -3.08. The number of imide groups is 1. The van der Waals surface area contributed by atoms with Gasteiger partial charge in [0.25, 0.3) is 11.8 Å². The molecule has 0 spiro atoms. The van der Waals surface area contributed by atoms with E-state index in [-0.39, 0.29) is 24.0 Å². The summed E-state index contributed by atoms with van der Waals surface area (Å²) < 4.78 is 5.70. The number of carbonyl (C=O) groups excluding carboxylic acids is 2. The maximum absolute atomic E-state index is 13.2. The Labute approximate surface area is 172 Å². The molecule has 0 aliphatic carbocycles. The highest BCUT2D eigenvalue weighted by atomic mass is 16.5. The summed E-state index contributed by atoms with van der Waals surface area (Å²) in [4.78, 5) is 29.5. The molecule has 3 rings (SSSR count). The molecule has 1 heterocycles. The first-order valence-corrected chi connectivity index (χ1v) is 9.94. The van der Waals surface area contributed by atoms with Crippen molar-refractivity contribution in [3.05, 3.63) is 71.4 Å². The van der Waals surface area contributed by atoms with Gasteiger partial charge in [0.2, 0.25) is 0 Å². The fourth-order valence-corrected chi connectivity index (χ4v) is 3.53. The van der Waals surface area contributed by atoms with E-state index in [1.165, 1.54) is 4.90 Å². The second-order valence-corrected chi connectivity index (χ2v) is 7.83. The lowest BCUT2D eigenvalue weighted by molar-refractivity contribution is -0.139. The fourth-order valence-electron chi connectivity index (χ4n) is 3.53. The van der Waals surface area contributed by atoms with Crippen LogP contribution in [0.1, 0.15) is 38.8 Å². The number of hydrogen-bond acceptors (Lipinski definition) is 4. The Bertz CT molecular complexity index is 915. The van der Waals surface area contributed by atoms with E-state index in [2.05, 4.69) is 0 Å². The maximum atomic E-state index is 13.2. The summed E-state index contributed by atoms with van der Waals surface area (Å²) in [6.45, 7) is 8.18. The van der Waals surface area contributed by atoms with Gasteiger partial charge in [0, 0.05) is 19.6 Å². The van der Waals surface area contributed by atoms with Crippen LogP contribution >= 0.6 is 0 Å². The van der Waals surface area contributed by atoms with Crippen molar-refractivity contribution < 1.29 is 14.3 Å². The standard InChI is InChI=1S/C24H28N2O3/c1-16(2)26-23(27)21(19-11-13-20(14-12-19)29-17(3)4)22(24(26)28)25(5)15-18-9-7-6-8-10-18/h6-14,16-17H,15H2,1-5H3. The molecule has 5 nitrogen and oxygen atoms in total. The second kappa shape index (κ2) is 8.52. The molecule has 2 aromatic carbocycles. The Morgan fingerprint density at radius 2 is 1.52 bits per heavy atom. The minimum absolute atomic E-state index is 0.0683. The molecule has 29 heavy (non-hydrogen) atoms. The van der Waals surface area contributed by atoms with Crippen molar-refractivity contribution in [3.63, 3.8) is 0 Å². The highest BCUT2D eigenvalue weighted by molar-refractivity contribution is 6.35. The lowest BCUT2D eigenvalue weighted by Crippen LogP contribution is -2.39. The van der Waals surface area contributed by atoms with Crippen LogP contribution in [0.15, 0.2) is 60.3 Å². The van der Waals surface area contributed by atoms with Crippen LogP contribution in [0.25, 0.3) is 5.57 Å². The number of hydrogen-bond donors (Lipinski definition) is 0. The van der Waals surface area contributed by atoms with Gasteiger partial charge in [0.1, 0.15) is 11.4 Å². The van der Waals surface area contributed by atoms with Crippen molar-refractivity contribution in [1.82, 2.24) is 9.80 Å². The van der Waals surface area contributed by atoms with Crippen molar-refractivity contribution >= 4 is 17.4 Å². The zero-order valence-electron chi connectivity index (χ0n) is 17.7. The second-order valence-electron chi connectivity index (χ2n) is 7.83. The lowest BCUT2D eigenvalue weighted by Gasteiger charge is -2.23. The molecule has 152 valence electrons. The Balaban J connectivity index is 2.01. The number of likely N-dealkylation sites (N-methyl/N-ethyl adjacent to an activating group) is 1. The molecule has 5 heteroatoms. The Kier molecular flexibility index (Phi) is 6.06. The van der Waals surface area contributed by atoms with Crippen LogP contribution in [-0.4, -0.2) is 40.8 Å². The van der Waals surface area contributed by atoms with E-state index in [0.29, 0.717) is 17.8 Å². The van der Waals surface area contributed by atoms with E-state index in [1.54, 1.807) is 0 Å². The molecule has 0 saturated heterocycles. The number of ether oxygens (including phenoxy) is 1. The zero-order chi connectivity index (χ0) is 21.1. The van der Waals surface area contributed by atoms with Gasteiger partial charge in [0.05, 0.1) is 11.7 Å². The SMILES string of the molecule is CC(C)Oc1ccc(C2=C(N(C)Cc3ccccc3)C(=O)N(C(C)C)C2=O)cc1. The maximum Gasteiger partial charge on any atom is 0.278 e. The average molecular weight is 392 g/mol. The molecule has 0 aromatic heterocycles. The van der Waals surface area contributed by atoms with Crippen molar-refractivity contribution in [1.29, 1.82) is 0 Å². The first kappa shape index (κ1) is 20.6. The molecule has 2 aromatic rings. The van der Waals surface area contributed by atoms with Gasteiger partial charge >= 0.3 is 0 Å². The molecule has 0 saturated carbocycles. The summed E-state index contributed by atoms with van der Waals surface area (Å²) in [6, 6.07) is 17.1. The largest absolute Gasteiger partial charge is 0.491 e. The minimum atomic E-state index is -0.252. The predicted molar refractivity (Wildman–Crippen MR) is 114 cm³/mol. The minimum Gasteiger partial charge on any atom is -0.491 e. The third-order valence-electron chi connectivity index (χ3n) is 4.77. The molecule has 0 fully saturated rings. The molecular formula is C24H28N2O3.